The number of aromatic nitrogens is 2. The van der Waals surface area contributed by atoms with E-state index in [-0.39, 0.29) is 11.6 Å². The highest BCUT2D eigenvalue weighted by Crippen LogP contribution is 2.30. The molecule has 2 aliphatic rings. The van der Waals surface area contributed by atoms with Crippen LogP contribution in [-0.4, -0.2) is 47.5 Å². The fraction of sp³-hybridized carbons (Fsp3) is 0.560. The molecule has 0 saturated heterocycles. The van der Waals surface area contributed by atoms with Crippen molar-refractivity contribution in [3.05, 3.63) is 50.7 Å². The minimum absolute atomic E-state index is 0.0268. The number of nitrogens with one attached hydrogen (secondary N) is 2. The van der Waals surface area contributed by atoms with Gasteiger partial charge in [-0.15, -0.1) is 0 Å². The zero-order chi connectivity index (χ0) is 24.2. The second-order valence-electron chi connectivity index (χ2n) is 9.73. The van der Waals surface area contributed by atoms with Crippen molar-refractivity contribution in [2.45, 2.75) is 64.3 Å². The Bertz CT molecular complexity index is 1060. The summed E-state index contributed by atoms with van der Waals surface area (Å²) in [6.07, 6.45) is 8.44. The molecule has 0 atom stereocenters. The van der Waals surface area contributed by atoms with Crippen LogP contribution >= 0.6 is 0 Å². The molecule has 34 heavy (non-hydrogen) atoms. The molecule has 2 aromatic rings. The molecule has 1 aromatic heterocycles. The smallest absolute Gasteiger partial charge is 0.273 e. The van der Waals surface area contributed by atoms with Crippen molar-refractivity contribution in [3.63, 3.8) is 0 Å². The third kappa shape index (κ3) is 5.46. The fourth-order valence-corrected chi connectivity index (χ4v) is 4.99. The van der Waals surface area contributed by atoms with Gasteiger partial charge in [0.05, 0.1) is 10.6 Å². The largest absolute Gasteiger partial charge is 0.362 e. The van der Waals surface area contributed by atoms with Gasteiger partial charge in [0.2, 0.25) is 5.95 Å². The number of carbonyl (C=O) groups excluding carboxylic acids is 1. The highest BCUT2D eigenvalue weighted by atomic mass is 16.6. The molecule has 2 aliphatic carbocycles. The normalized spacial score (nSPS) is 19.7. The second-order valence-corrected chi connectivity index (χ2v) is 9.73. The van der Waals surface area contributed by atoms with E-state index in [4.69, 9.17) is 9.97 Å². The van der Waals surface area contributed by atoms with Gasteiger partial charge in [0.15, 0.2) is 0 Å². The molecule has 0 bridgehead atoms. The van der Waals surface area contributed by atoms with Crippen LogP contribution in [0, 0.1) is 23.0 Å². The first-order chi connectivity index (χ1) is 16.3. The molecular weight excluding hydrogens is 432 g/mol. The lowest BCUT2D eigenvalue weighted by molar-refractivity contribution is -0.385. The lowest BCUT2D eigenvalue weighted by Gasteiger charge is -2.30. The number of hydrogen-bond acceptors (Lipinski definition) is 7. The molecule has 182 valence electrons. The molecule has 4 rings (SSSR count). The molecule has 0 radical (unpaired) electrons. The van der Waals surface area contributed by atoms with E-state index >= 15 is 0 Å². The molecule has 0 unspecified atom stereocenters. The van der Waals surface area contributed by atoms with E-state index < -0.39 is 4.92 Å². The molecule has 1 saturated carbocycles. The summed E-state index contributed by atoms with van der Waals surface area (Å²) in [5.74, 6) is 1.88. The SMILES string of the molecule is Cc1ccc(C(=O)NCC2CCC(Nc3nc4c(c(N(C)C)n3)CCCC4)CC2)cc1[N+](=O)[O-]. The molecule has 2 N–H and O–H groups in total. The monoisotopic (exact) mass is 466 g/mol. The van der Waals surface area contributed by atoms with Gasteiger partial charge < -0.3 is 15.5 Å². The maximum absolute atomic E-state index is 12.5. The van der Waals surface area contributed by atoms with Crippen molar-refractivity contribution in [2.24, 2.45) is 5.92 Å². The van der Waals surface area contributed by atoms with Crippen molar-refractivity contribution >= 4 is 23.4 Å². The summed E-state index contributed by atoms with van der Waals surface area (Å²) < 4.78 is 0. The number of anilines is 2. The highest BCUT2D eigenvalue weighted by Gasteiger charge is 2.25. The van der Waals surface area contributed by atoms with Crippen molar-refractivity contribution in [1.82, 2.24) is 15.3 Å². The predicted octanol–water partition coefficient (Wildman–Crippen LogP) is 4.04. The van der Waals surface area contributed by atoms with Crippen molar-refractivity contribution in [1.29, 1.82) is 0 Å². The van der Waals surface area contributed by atoms with Gasteiger partial charge in [-0.25, -0.2) is 4.98 Å². The number of fused-ring (bicyclic) bond motifs is 1. The number of amides is 1. The Labute approximate surface area is 200 Å². The first-order valence-corrected chi connectivity index (χ1v) is 12.2. The maximum atomic E-state index is 12.5. The first-order valence-electron chi connectivity index (χ1n) is 12.2. The minimum atomic E-state index is -0.450. The van der Waals surface area contributed by atoms with Crippen LogP contribution in [0.3, 0.4) is 0 Å². The first kappa shape index (κ1) is 23.9. The van der Waals surface area contributed by atoms with Gasteiger partial charge in [-0.2, -0.15) is 4.98 Å². The Morgan fingerprint density at radius 3 is 2.59 bits per heavy atom. The summed E-state index contributed by atoms with van der Waals surface area (Å²) in [5, 5.41) is 17.7. The van der Waals surface area contributed by atoms with E-state index in [2.05, 4.69) is 15.5 Å². The fourth-order valence-electron chi connectivity index (χ4n) is 4.99. The molecule has 0 spiro atoms. The summed E-state index contributed by atoms with van der Waals surface area (Å²) in [7, 11) is 4.07. The molecule has 1 aromatic carbocycles. The van der Waals surface area contributed by atoms with E-state index in [1.807, 2.05) is 14.1 Å². The summed E-state index contributed by atoms with van der Waals surface area (Å²) in [5.41, 5.74) is 3.32. The summed E-state index contributed by atoms with van der Waals surface area (Å²) in [4.78, 5) is 34.9. The van der Waals surface area contributed by atoms with E-state index in [9.17, 15) is 14.9 Å². The second kappa shape index (κ2) is 10.4. The van der Waals surface area contributed by atoms with Crippen molar-refractivity contribution in [2.75, 3.05) is 30.9 Å². The van der Waals surface area contributed by atoms with Gasteiger partial charge >= 0.3 is 0 Å². The van der Waals surface area contributed by atoms with Crippen LogP contribution in [0.2, 0.25) is 0 Å². The minimum Gasteiger partial charge on any atom is -0.362 e. The third-order valence-corrected chi connectivity index (χ3v) is 6.98. The van der Waals surface area contributed by atoms with Gasteiger partial charge in [-0.1, -0.05) is 6.07 Å². The summed E-state index contributed by atoms with van der Waals surface area (Å²) in [6.45, 7) is 2.25. The van der Waals surface area contributed by atoms with Gasteiger partial charge in [-0.05, 0) is 70.3 Å². The number of aryl methyl sites for hydroxylation is 2. The van der Waals surface area contributed by atoms with Gasteiger partial charge in [0.25, 0.3) is 11.6 Å². The highest BCUT2D eigenvalue weighted by molar-refractivity contribution is 5.95. The van der Waals surface area contributed by atoms with Crippen LogP contribution in [-0.2, 0) is 12.8 Å². The van der Waals surface area contributed by atoms with Crippen molar-refractivity contribution in [3.8, 4) is 0 Å². The van der Waals surface area contributed by atoms with Gasteiger partial charge in [0, 0.05) is 49.4 Å². The van der Waals surface area contributed by atoms with E-state index in [0.29, 0.717) is 29.6 Å². The number of nitrogens with zero attached hydrogens (tertiary/aromatic N) is 4. The number of hydrogen-bond donors (Lipinski definition) is 2. The molecular formula is C25H34N6O3. The number of rotatable bonds is 7. The molecule has 1 fully saturated rings. The number of benzene rings is 1. The van der Waals surface area contributed by atoms with E-state index in [1.165, 1.54) is 30.2 Å². The quantitative estimate of drug-likeness (QED) is 0.468. The zero-order valence-electron chi connectivity index (χ0n) is 20.3. The molecule has 1 heterocycles. The van der Waals surface area contributed by atoms with Crippen molar-refractivity contribution < 1.29 is 9.72 Å². The lowest BCUT2D eigenvalue weighted by Crippen LogP contribution is -2.34. The van der Waals surface area contributed by atoms with Gasteiger partial charge in [-0.3, -0.25) is 14.9 Å². The topological polar surface area (TPSA) is 113 Å². The maximum Gasteiger partial charge on any atom is 0.273 e. The molecule has 9 nitrogen and oxygen atoms in total. The Hall–Kier alpha value is -3.23. The summed E-state index contributed by atoms with van der Waals surface area (Å²) >= 11 is 0. The Morgan fingerprint density at radius 1 is 1.15 bits per heavy atom. The van der Waals surface area contributed by atoms with Crippen LogP contribution in [0.4, 0.5) is 17.5 Å². The number of nitro benzene ring substituents is 1. The standard InChI is InChI=1S/C25H34N6O3/c1-16-8-11-18(14-22(16)31(33)34)24(32)26-15-17-9-12-19(13-10-17)27-25-28-21-7-5-4-6-20(21)23(29-25)30(2)3/h8,11,14,17,19H,4-7,9-10,12-13,15H2,1-3H3,(H,26,32)(H,27,28,29). The van der Waals surface area contributed by atoms with Crippen LogP contribution in [0.25, 0.3) is 0 Å². The van der Waals surface area contributed by atoms with Crippen LogP contribution < -0.4 is 15.5 Å². The van der Waals surface area contributed by atoms with E-state index in [1.54, 1.807) is 19.1 Å². The third-order valence-electron chi connectivity index (χ3n) is 6.98. The average Bonchev–Trinajstić information content (AvgIpc) is 2.83. The zero-order valence-corrected chi connectivity index (χ0v) is 20.3. The van der Waals surface area contributed by atoms with E-state index in [0.717, 1.165) is 50.3 Å². The molecule has 0 aliphatic heterocycles. The Morgan fingerprint density at radius 2 is 1.88 bits per heavy atom. The lowest BCUT2D eigenvalue weighted by atomic mass is 9.86. The Balaban J connectivity index is 1.30. The van der Waals surface area contributed by atoms with Crippen LogP contribution in [0.5, 0.6) is 0 Å². The molecule has 1 amide bonds. The number of carbonyl (C=O) groups is 1. The molecule has 9 heteroatoms. The van der Waals surface area contributed by atoms with Crippen LogP contribution in [0.15, 0.2) is 18.2 Å². The van der Waals surface area contributed by atoms with Crippen LogP contribution in [0.1, 0.15) is 65.7 Å². The Kier molecular flexibility index (Phi) is 7.29. The number of nitro groups is 1. The summed E-state index contributed by atoms with van der Waals surface area (Å²) in [6, 6.07) is 4.93. The predicted molar refractivity (Wildman–Crippen MR) is 133 cm³/mol. The average molecular weight is 467 g/mol. The van der Waals surface area contributed by atoms with Gasteiger partial charge in [0.1, 0.15) is 5.82 Å².